The Morgan fingerprint density at radius 3 is 3.14 bits per heavy atom. The number of hydrogen-bond donors (Lipinski definition) is 2. The molecule has 0 saturated heterocycles. The van der Waals surface area contributed by atoms with E-state index in [1.165, 1.54) is 0 Å². The maximum Gasteiger partial charge on any atom is 0.165 e. The zero-order valence-corrected chi connectivity index (χ0v) is 9.22. The molecule has 0 aliphatic carbocycles. The molecule has 1 atom stereocenters. The molecule has 1 aromatic heterocycles. The molecule has 14 heavy (non-hydrogen) atoms. The lowest BCUT2D eigenvalue weighted by atomic mass is 10.3. The first-order valence-electron chi connectivity index (χ1n) is 4.80. The van der Waals surface area contributed by atoms with E-state index in [2.05, 4.69) is 9.97 Å². The van der Waals surface area contributed by atoms with Crippen LogP contribution in [-0.2, 0) is 4.74 Å². The third-order valence-corrected chi connectivity index (χ3v) is 2.75. The molecule has 3 N–H and O–H groups in total. The maximum absolute atomic E-state index is 5.56. The van der Waals surface area contributed by atoms with Gasteiger partial charge in [0.1, 0.15) is 0 Å². The van der Waals surface area contributed by atoms with Crippen LogP contribution < -0.4 is 5.73 Å². The van der Waals surface area contributed by atoms with E-state index in [0.29, 0.717) is 6.54 Å². The van der Waals surface area contributed by atoms with Crippen molar-refractivity contribution in [2.45, 2.75) is 24.6 Å². The highest BCUT2D eigenvalue weighted by molar-refractivity contribution is 7.99. The molecule has 1 rings (SSSR count). The SMILES string of the molecule is CCOC(CN)CCSc1ncc[nH]1. The third kappa shape index (κ3) is 4.13. The number of aromatic nitrogens is 2. The molecule has 0 radical (unpaired) electrons. The van der Waals surface area contributed by atoms with Crippen molar-refractivity contribution >= 4 is 11.8 Å². The lowest BCUT2D eigenvalue weighted by Gasteiger charge is -2.13. The van der Waals surface area contributed by atoms with Crippen LogP contribution in [0.4, 0.5) is 0 Å². The van der Waals surface area contributed by atoms with E-state index in [4.69, 9.17) is 10.5 Å². The average molecular weight is 215 g/mol. The molecule has 0 aliphatic heterocycles. The van der Waals surface area contributed by atoms with E-state index in [1.54, 1.807) is 18.0 Å². The van der Waals surface area contributed by atoms with Gasteiger partial charge in [0.25, 0.3) is 0 Å². The number of rotatable bonds is 7. The molecule has 0 amide bonds. The van der Waals surface area contributed by atoms with Gasteiger partial charge in [0, 0.05) is 31.3 Å². The van der Waals surface area contributed by atoms with Crippen molar-refractivity contribution in [2.75, 3.05) is 18.9 Å². The van der Waals surface area contributed by atoms with Gasteiger partial charge >= 0.3 is 0 Å². The molecular formula is C9H17N3OS. The molecular weight excluding hydrogens is 198 g/mol. The van der Waals surface area contributed by atoms with Crippen LogP contribution in [0.5, 0.6) is 0 Å². The number of nitrogens with one attached hydrogen (secondary N) is 1. The highest BCUT2D eigenvalue weighted by atomic mass is 32.2. The van der Waals surface area contributed by atoms with Crippen LogP contribution in [0.15, 0.2) is 17.6 Å². The summed E-state index contributed by atoms with van der Waals surface area (Å²) >= 11 is 1.69. The first kappa shape index (κ1) is 11.6. The lowest BCUT2D eigenvalue weighted by Crippen LogP contribution is -2.24. The van der Waals surface area contributed by atoms with Gasteiger partial charge in [-0.1, -0.05) is 11.8 Å². The minimum Gasteiger partial charge on any atom is -0.377 e. The van der Waals surface area contributed by atoms with Crippen molar-refractivity contribution in [1.82, 2.24) is 9.97 Å². The number of nitrogens with zero attached hydrogens (tertiary/aromatic N) is 1. The maximum atomic E-state index is 5.56. The molecule has 0 bridgehead atoms. The molecule has 4 nitrogen and oxygen atoms in total. The molecule has 1 unspecified atom stereocenters. The van der Waals surface area contributed by atoms with Crippen LogP contribution in [0.25, 0.3) is 0 Å². The highest BCUT2D eigenvalue weighted by Gasteiger charge is 2.06. The van der Waals surface area contributed by atoms with Crippen molar-refractivity contribution < 1.29 is 4.74 Å². The summed E-state index contributed by atoms with van der Waals surface area (Å²) in [6, 6.07) is 0. The first-order chi connectivity index (χ1) is 6.86. The van der Waals surface area contributed by atoms with Gasteiger partial charge in [0.2, 0.25) is 0 Å². The Balaban J connectivity index is 2.13. The summed E-state index contributed by atoms with van der Waals surface area (Å²) in [5.74, 6) is 0.982. The van der Waals surface area contributed by atoms with E-state index >= 15 is 0 Å². The molecule has 0 spiro atoms. The van der Waals surface area contributed by atoms with Gasteiger partial charge in [0.15, 0.2) is 5.16 Å². The number of nitrogens with two attached hydrogens (primary N) is 1. The quantitative estimate of drug-likeness (QED) is 0.672. The zero-order valence-electron chi connectivity index (χ0n) is 8.40. The van der Waals surface area contributed by atoms with Crippen LogP contribution in [0.1, 0.15) is 13.3 Å². The molecule has 0 aromatic carbocycles. The predicted molar refractivity (Wildman–Crippen MR) is 58.4 cm³/mol. The predicted octanol–water partition coefficient (Wildman–Crippen LogP) is 1.26. The minimum atomic E-state index is 0.183. The summed E-state index contributed by atoms with van der Waals surface area (Å²) in [6.07, 6.45) is 4.73. The molecule has 80 valence electrons. The second-order valence-corrected chi connectivity index (χ2v) is 3.93. The molecule has 0 fully saturated rings. The number of ether oxygens (including phenoxy) is 1. The van der Waals surface area contributed by atoms with E-state index in [0.717, 1.165) is 23.9 Å². The fourth-order valence-electron chi connectivity index (χ4n) is 1.12. The van der Waals surface area contributed by atoms with Crippen molar-refractivity contribution in [3.05, 3.63) is 12.4 Å². The van der Waals surface area contributed by atoms with Gasteiger partial charge in [-0.15, -0.1) is 0 Å². The van der Waals surface area contributed by atoms with Crippen LogP contribution in [0.3, 0.4) is 0 Å². The van der Waals surface area contributed by atoms with E-state index in [9.17, 15) is 0 Å². The van der Waals surface area contributed by atoms with Crippen LogP contribution in [0, 0.1) is 0 Å². The first-order valence-corrected chi connectivity index (χ1v) is 5.79. The smallest absolute Gasteiger partial charge is 0.165 e. The summed E-state index contributed by atoms with van der Waals surface area (Å²) in [5.41, 5.74) is 5.56. The number of hydrogen-bond acceptors (Lipinski definition) is 4. The number of aromatic amines is 1. The second-order valence-electron chi connectivity index (χ2n) is 2.84. The zero-order chi connectivity index (χ0) is 10.2. The summed E-state index contributed by atoms with van der Waals surface area (Å²) in [7, 11) is 0. The largest absolute Gasteiger partial charge is 0.377 e. The van der Waals surface area contributed by atoms with Gasteiger partial charge in [-0.05, 0) is 13.3 Å². The fourth-order valence-corrected chi connectivity index (χ4v) is 1.98. The normalized spacial score (nSPS) is 13.0. The van der Waals surface area contributed by atoms with Crippen molar-refractivity contribution in [3.8, 4) is 0 Å². The van der Waals surface area contributed by atoms with Gasteiger partial charge in [0.05, 0.1) is 6.10 Å². The standard InChI is InChI=1S/C9H17N3OS/c1-2-13-8(7-10)3-6-14-9-11-4-5-12-9/h4-5,8H,2-3,6-7,10H2,1H3,(H,11,12). The molecule has 1 aromatic rings. The minimum absolute atomic E-state index is 0.183. The number of imidazole rings is 1. The van der Waals surface area contributed by atoms with E-state index < -0.39 is 0 Å². The highest BCUT2D eigenvalue weighted by Crippen LogP contribution is 2.14. The summed E-state index contributed by atoms with van der Waals surface area (Å²) in [4.78, 5) is 7.16. The Bertz CT molecular complexity index is 228. The molecule has 0 saturated carbocycles. The van der Waals surface area contributed by atoms with E-state index in [-0.39, 0.29) is 6.10 Å². The number of H-pyrrole nitrogens is 1. The van der Waals surface area contributed by atoms with Crippen molar-refractivity contribution in [1.29, 1.82) is 0 Å². The Kier molecular flexibility index (Phi) is 5.66. The lowest BCUT2D eigenvalue weighted by molar-refractivity contribution is 0.0674. The van der Waals surface area contributed by atoms with Gasteiger partial charge in [-0.25, -0.2) is 4.98 Å². The molecule has 5 heteroatoms. The monoisotopic (exact) mass is 215 g/mol. The van der Waals surface area contributed by atoms with Crippen molar-refractivity contribution in [2.24, 2.45) is 5.73 Å². The number of thioether (sulfide) groups is 1. The summed E-state index contributed by atoms with van der Waals surface area (Å²) in [6.45, 7) is 3.31. The van der Waals surface area contributed by atoms with Gasteiger partial charge in [-0.3, -0.25) is 0 Å². The second kappa shape index (κ2) is 6.86. The third-order valence-electron chi connectivity index (χ3n) is 1.82. The molecule has 1 heterocycles. The van der Waals surface area contributed by atoms with Crippen LogP contribution >= 0.6 is 11.8 Å². The van der Waals surface area contributed by atoms with E-state index in [1.807, 2.05) is 13.1 Å². The summed E-state index contributed by atoms with van der Waals surface area (Å²) < 4.78 is 5.44. The van der Waals surface area contributed by atoms with Gasteiger partial charge in [-0.2, -0.15) is 0 Å². The van der Waals surface area contributed by atoms with Crippen molar-refractivity contribution in [3.63, 3.8) is 0 Å². The topological polar surface area (TPSA) is 63.9 Å². The summed E-state index contributed by atoms with van der Waals surface area (Å²) in [5, 5.41) is 0.956. The van der Waals surface area contributed by atoms with Crippen LogP contribution in [-0.4, -0.2) is 35.0 Å². The average Bonchev–Trinajstić information content (AvgIpc) is 2.69. The van der Waals surface area contributed by atoms with Gasteiger partial charge < -0.3 is 15.5 Å². The Morgan fingerprint density at radius 2 is 2.57 bits per heavy atom. The molecule has 0 aliphatic rings. The fraction of sp³-hybridized carbons (Fsp3) is 0.667. The Labute approximate surface area is 88.6 Å². The Hall–Kier alpha value is -0.520. The Morgan fingerprint density at radius 1 is 1.71 bits per heavy atom. The van der Waals surface area contributed by atoms with Crippen LogP contribution in [0.2, 0.25) is 0 Å².